The molecule has 2 heteroatoms. The highest BCUT2D eigenvalue weighted by Crippen LogP contribution is 2.15. The standard InChI is InChI=1S/C31H30F2/c1-3-5-6-7-9-25-12-16-27(17-13-25)19-21-29-23-30(32)28(22-31(29)33)20-18-26-14-10-24(8-4-2)11-15-26/h10-17,22-23H,3-9H2,1-2H3. The van der Waals surface area contributed by atoms with Crippen molar-refractivity contribution < 1.29 is 8.78 Å². The lowest BCUT2D eigenvalue weighted by Crippen LogP contribution is -1.92. The van der Waals surface area contributed by atoms with Crippen molar-refractivity contribution in [1.29, 1.82) is 0 Å². The summed E-state index contributed by atoms with van der Waals surface area (Å²) < 4.78 is 29.0. The Morgan fingerprint density at radius 1 is 0.545 bits per heavy atom. The number of hydrogen-bond acceptors (Lipinski definition) is 0. The fourth-order valence-corrected chi connectivity index (χ4v) is 3.57. The van der Waals surface area contributed by atoms with Gasteiger partial charge in [0.1, 0.15) is 11.6 Å². The summed E-state index contributed by atoms with van der Waals surface area (Å²) in [5.74, 6) is 10.2. The molecule has 33 heavy (non-hydrogen) atoms. The van der Waals surface area contributed by atoms with Gasteiger partial charge in [0, 0.05) is 11.1 Å². The summed E-state index contributed by atoms with van der Waals surface area (Å²) in [6.07, 6.45) is 8.07. The number of halogens is 2. The maximum absolute atomic E-state index is 14.5. The van der Waals surface area contributed by atoms with Gasteiger partial charge in [-0.1, -0.05) is 87.5 Å². The largest absolute Gasteiger partial charge is 0.206 e. The van der Waals surface area contributed by atoms with Gasteiger partial charge >= 0.3 is 0 Å². The van der Waals surface area contributed by atoms with Crippen LogP contribution in [0.25, 0.3) is 0 Å². The van der Waals surface area contributed by atoms with Crippen LogP contribution in [0.2, 0.25) is 0 Å². The highest BCUT2D eigenvalue weighted by molar-refractivity contribution is 5.49. The van der Waals surface area contributed by atoms with Crippen LogP contribution in [-0.4, -0.2) is 0 Å². The van der Waals surface area contributed by atoms with Crippen LogP contribution in [0.3, 0.4) is 0 Å². The van der Waals surface area contributed by atoms with Gasteiger partial charge < -0.3 is 0 Å². The number of hydrogen-bond donors (Lipinski definition) is 0. The van der Waals surface area contributed by atoms with Crippen molar-refractivity contribution in [3.05, 3.63) is 106 Å². The van der Waals surface area contributed by atoms with Crippen molar-refractivity contribution in [3.8, 4) is 23.7 Å². The second-order valence-electron chi connectivity index (χ2n) is 8.27. The number of unbranched alkanes of at least 4 members (excludes halogenated alkanes) is 3. The smallest absolute Gasteiger partial charge is 0.140 e. The molecule has 3 aromatic carbocycles. The molecule has 0 heterocycles. The van der Waals surface area contributed by atoms with Crippen LogP contribution in [0, 0.1) is 35.3 Å². The van der Waals surface area contributed by atoms with Gasteiger partial charge in [-0.3, -0.25) is 0 Å². The van der Waals surface area contributed by atoms with Gasteiger partial charge in [0.25, 0.3) is 0 Å². The lowest BCUT2D eigenvalue weighted by molar-refractivity contribution is 0.594. The van der Waals surface area contributed by atoms with Gasteiger partial charge in [-0.15, -0.1) is 0 Å². The Morgan fingerprint density at radius 3 is 1.48 bits per heavy atom. The molecule has 0 bridgehead atoms. The Kier molecular flexibility index (Phi) is 9.29. The third kappa shape index (κ3) is 7.62. The van der Waals surface area contributed by atoms with Crippen LogP contribution in [0.5, 0.6) is 0 Å². The van der Waals surface area contributed by atoms with Gasteiger partial charge in [0.15, 0.2) is 0 Å². The second-order valence-corrected chi connectivity index (χ2v) is 8.27. The van der Waals surface area contributed by atoms with E-state index in [0.717, 1.165) is 42.5 Å². The lowest BCUT2D eigenvalue weighted by atomic mass is 10.0. The first kappa shape index (κ1) is 24.3. The minimum atomic E-state index is -0.571. The van der Waals surface area contributed by atoms with Crippen molar-refractivity contribution in [2.45, 2.75) is 58.8 Å². The molecule has 0 saturated carbocycles. The number of benzene rings is 3. The zero-order valence-electron chi connectivity index (χ0n) is 19.5. The van der Waals surface area contributed by atoms with E-state index in [2.05, 4.69) is 49.7 Å². The zero-order chi connectivity index (χ0) is 23.5. The highest BCUT2D eigenvalue weighted by Gasteiger charge is 2.07. The monoisotopic (exact) mass is 440 g/mol. The van der Waals surface area contributed by atoms with Crippen LogP contribution < -0.4 is 0 Å². The molecule has 168 valence electrons. The normalized spacial score (nSPS) is 10.2. The molecule has 0 aliphatic rings. The fourth-order valence-electron chi connectivity index (χ4n) is 3.57. The molecule has 0 unspecified atom stereocenters. The first-order valence-corrected chi connectivity index (χ1v) is 11.8. The Morgan fingerprint density at radius 2 is 1.03 bits per heavy atom. The average Bonchev–Trinajstić information content (AvgIpc) is 2.83. The summed E-state index contributed by atoms with van der Waals surface area (Å²) in [6, 6.07) is 18.1. The van der Waals surface area contributed by atoms with Crippen molar-refractivity contribution >= 4 is 0 Å². The van der Waals surface area contributed by atoms with Gasteiger partial charge in [0.05, 0.1) is 11.1 Å². The van der Waals surface area contributed by atoms with E-state index in [1.807, 2.05) is 36.4 Å². The summed E-state index contributed by atoms with van der Waals surface area (Å²) in [7, 11) is 0. The van der Waals surface area contributed by atoms with Gasteiger partial charge in [-0.25, -0.2) is 8.78 Å². The quantitative estimate of drug-likeness (QED) is 0.259. The highest BCUT2D eigenvalue weighted by atomic mass is 19.1. The van der Waals surface area contributed by atoms with Gasteiger partial charge in [0.2, 0.25) is 0 Å². The fraction of sp³-hybridized carbons (Fsp3) is 0.290. The Bertz CT molecular complexity index is 1160. The molecule has 0 aromatic heterocycles. The zero-order valence-corrected chi connectivity index (χ0v) is 19.5. The van der Waals surface area contributed by atoms with Crippen molar-refractivity contribution in [3.63, 3.8) is 0 Å². The molecule has 0 fully saturated rings. The first-order chi connectivity index (χ1) is 16.1. The number of rotatable bonds is 7. The van der Waals surface area contributed by atoms with Crippen LogP contribution in [0.15, 0.2) is 60.7 Å². The van der Waals surface area contributed by atoms with Crippen molar-refractivity contribution in [2.24, 2.45) is 0 Å². The molecule has 0 saturated heterocycles. The third-order valence-corrected chi connectivity index (χ3v) is 5.51. The molecule has 0 spiro atoms. The van der Waals surface area contributed by atoms with E-state index in [1.165, 1.54) is 36.8 Å². The average molecular weight is 441 g/mol. The molecule has 0 amide bonds. The topological polar surface area (TPSA) is 0 Å². The van der Waals surface area contributed by atoms with E-state index in [9.17, 15) is 8.78 Å². The Balaban J connectivity index is 1.68. The molecule has 3 aromatic rings. The predicted octanol–water partition coefficient (Wildman–Crippen LogP) is 7.84. The van der Waals surface area contributed by atoms with E-state index < -0.39 is 11.6 Å². The van der Waals surface area contributed by atoms with Gasteiger partial charge in [-0.2, -0.15) is 0 Å². The van der Waals surface area contributed by atoms with Crippen LogP contribution in [-0.2, 0) is 12.8 Å². The summed E-state index contributed by atoms with van der Waals surface area (Å²) in [4.78, 5) is 0. The van der Waals surface area contributed by atoms with Crippen molar-refractivity contribution in [2.75, 3.05) is 0 Å². The SMILES string of the molecule is CCCCCCc1ccc(C#Cc2cc(F)c(C#Cc3ccc(CCC)cc3)cc2F)cc1. The van der Waals surface area contributed by atoms with E-state index in [0.29, 0.717) is 0 Å². The molecule has 0 aliphatic carbocycles. The number of aryl methyl sites for hydroxylation is 2. The minimum absolute atomic E-state index is 0.0307. The predicted molar refractivity (Wildman–Crippen MR) is 133 cm³/mol. The first-order valence-electron chi connectivity index (χ1n) is 11.8. The molecule has 0 radical (unpaired) electrons. The Labute approximate surface area is 197 Å². The maximum atomic E-state index is 14.5. The Hall–Kier alpha value is -3.36. The van der Waals surface area contributed by atoms with E-state index in [1.54, 1.807) is 0 Å². The second kappa shape index (κ2) is 12.6. The van der Waals surface area contributed by atoms with Gasteiger partial charge in [-0.05, 0) is 66.8 Å². The van der Waals surface area contributed by atoms with Crippen LogP contribution >= 0.6 is 0 Å². The molecule has 0 atom stereocenters. The molecular formula is C31H30F2. The third-order valence-electron chi connectivity index (χ3n) is 5.51. The van der Waals surface area contributed by atoms with E-state index in [4.69, 9.17) is 0 Å². The summed E-state index contributed by atoms with van der Waals surface area (Å²) in [6.45, 7) is 4.33. The van der Waals surface area contributed by atoms with Crippen LogP contribution in [0.4, 0.5) is 8.78 Å². The van der Waals surface area contributed by atoms with Crippen LogP contribution in [0.1, 0.15) is 79.3 Å². The van der Waals surface area contributed by atoms with Crippen molar-refractivity contribution in [1.82, 2.24) is 0 Å². The molecule has 3 rings (SSSR count). The lowest BCUT2D eigenvalue weighted by Gasteiger charge is -2.01. The molecule has 0 aliphatic heterocycles. The summed E-state index contributed by atoms with van der Waals surface area (Å²) in [5, 5.41) is 0. The minimum Gasteiger partial charge on any atom is -0.206 e. The van der Waals surface area contributed by atoms with E-state index in [-0.39, 0.29) is 11.1 Å². The molecule has 0 nitrogen and oxygen atoms in total. The summed E-state index contributed by atoms with van der Waals surface area (Å²) >= 11 is 0. The van der Waals surface area contributed by atoms with E-state index >= 15 is 0 Å². The maximum Gasteiger partial charge on any atom is 0.140 e. The molecule has 0 N–H and O–H groups in total. The molecular weight excluding hydrogens is 410 g/mol. The summed E-state index contributed by atoms with van der Waals surface area (Å²) in [5.41, 5.74) is 4.13.